The van der Waals surface area contributed by atoms with Crippen molar-refractivity contribution in [3.05, 3.63) is 0 Å². The molecule has 0 aromatic carbocycles. The van der Waals surface area contributed by atoms with Crippen LogP contribution in [-0.4, -0.2) is 31.3 Å². The van der Waals surface area contributed by atoms with E-state index in [9.17, 15) is 9.59 Å². The van der Waals surface area contributed by atoms with Crippen LogP contribution in [0.4, 0.5) is 4.79 Å². The first-order valence-corrected chi connectivity index (χ1v) is 4.72. The van der Waals surface area contributed by atoms with Gasteiger partial charge in [0.1, 0.15) is 0 Å². The zero-order valence-electron chi connectivity index (χ0n) is 8.83. The molecular formula is C9H17NO4. The molecule has 0 saturated carbocycles. The highest BCUT2D eigenvalue weighted by atomic mass is 16.7. The maximum absolute atomic E-state index is 11.2. The predicted octanol–water partition coefficient (Wildman–Crippen LogP) is 1.07. The van der Waals surface area contributed by atoms with E-state index < -0.39 is 12.3 Å². The van der Waals surface area contributed by atoms with Gasteiger partial charge >= 0.3 is 6.16 Å². The van der Waals surface area contributed by atoms with Gasteiger partial charge in [-0.05, 0) is 20.3 Å². The van der Waals surface area contributed by atoms with Gasteiger partial charge in [-0.1, -0.05) is 6.92 Å². The van der Waals surface area contributed by atoms with Crippen molar-refractivity contribution in [2.24, 2.45) is 0 Å². The van der Waals surface area contributed by atoms with Gasteiger partial charge in [-0.3, -0.25) is 4.79 Å². The number of ether oxygens (including phenoxy) is 2. The van der Waals surface area contributed by atoms with Crippen molar-refractivity contribution in [2.45, 2.75) is 33.3 Å². The summed E-state index contributed by atoms with van der Waals surface area (Å²) in [5, 5.41) is 2.61. The fraction of sp³-hybridized carbons (Fsp3) is 0.778. The fourth-order valence-electron chi connectivity index (χ4n) is 0.742. The number of carbonyl (C=O) groups excluding carboxylic acids is 2. The monoisotopic (exact) mass is 203 g/mol. The third-order valence-electron chi connectivity index (χ3n) is 1.45. The Labute approximate surface area is 83.8 Å². The number of nitrogens with one attached hydrogen (secondary N) is 1. The number of hydrogen-bond donors (Lipinski definition) is 1. The first-order chi connectivity index (χ1) is 6.61. The van der Waals surface area contributed by atoms with Crippen molar-refractivity contribution in [3.8, 4) is 0 Å². The van der Waals surface area contributed by atoms with Crippen molar-refractivity contribution in [1.29, 1.82) is 0 Å². The van der Waals surface area contributed by atoms with E-state index in [2.05, 4.69) is 14.8 Å². The number of carbonyl (C=O) groups is 2. The Hall–Kier alpha value is -1.26. The van der Waals surface area contributed by atoms with Crippen molar-refractivity contribution >= 4 is 12.1 Å². The maximum Gasteiger partial charge on any atom is 0.509 e. The summed E-state index contributed by atoms with van der Waals surface area (Å²) >= 11 is 0. The summed E-state index contributed by atoms with van der Waals surface area (Å²) in [6.07, 6.45) is -0.773. The quantitative estimate of drug-likeness (QED) is 0.679. The topological polar surface area (TPSA) is 64.6 Å². The lowest BCUT2D eigenvalue weighted by Crippen LogP contribution is -2.36. The molecule has 1 N–H and O–H groups in total. The summed E-state index contributed by atoms with van der Waals surface area (Å²) in [5.41, 5.74) is 0. The van der Waals surface area contributed by atoms with Gasteiger partial charge in [0.05, 0.1) is 6.61 Å². The largest absolute Gasteiger partial charge is 0.509 e. The normalized spacial score (nSPS) is 11.6. The van der Waals surface area contributed by atoms with Gasteiger partial charge in [0.25, 0.3) is 5.91 Å². The molecule has 0 aliphatic heterocycles. The van der Waals surface area contributed by atoms with Crippen LogP contribution in [0, 0.1) is 0 Å². The van der Waals surface area contributed by atoms with Gasteiger partial charge in [0.15, 0.2) is 6.10 Å². The first kappa shape index (κ1) is 12.7. The molecule has 1 unspecified atom stereocenters. The van der Waals surface area contributed by atoms with E-state index in [0.717, 1.165) is 6.42 Å². The maximum atomic E-state index is 11.2. The van der Waals surface area contributed by atoms with E-state index in [1.807, 2.05) is 6.92 Å². The van der Waals surface area contributed by atoms with Crippen molar-refractivity contribution < 1.29 is 19.1 Å². The standard InChI is InChI=1S/C9H17NO4/c1-4-6-10-8(11)7(3)14-9(12)13-5-2/h7H,4-6H2,1-3H3,(H,10,11). The molecule has 0 aliphatic rings. The van der Waals surface area contributed by atoms with Gasteiger partial charge in [0, 0.05) is 6.54 Å². The minimum atomic E-state index is -0.813. The molecular weight excluding hydrogens is 186 g/mol. The Morgan fingerprint density at radius 1 is 1.36 bits per heavy atom. The number of amides is 1. The molecule has 82 valence electrons. The predicted molar refractivity (Wildman–Crippen MR) is 50.9 cm³/mol. The van der Waals surface area contributed by atoms with Crippen LogP contribution in [0.15, 0.2) is 0 Å². The highest BCUT2D eigenvalue weighted by Crippen LogP contribution is 1.94. The lowest BCUT2D eigenvalue weighted by atomic mass is 10.3. The molecule has 1 amide bonds. The second-order valence-corrected chi connectivity index (χ2v) is 2.73. The summed E-state index contributed by atoms with van der Waals surface area (Å²) < 4.78 is 9.20. The van der Waals surface area contributed by atoms with E-state index >= 15 is 0 Å². The second kappa shape index (κ2) is 7.17. The van der Waals surface area contributed by atoms with E-state index in [4.69, 9.17) is 0 Å². The molecule has 14 heavy (non-hydrogen) atoms. The van der Waals surface area contributed by atoms with Gasteiger partial charge in [-0.25, -0.2) is 4.79 Å². The Bertz CT molecular complexity index is 193. The molecule has 0 fully saturated rings. The summed E-state index contributed by atoms with van der Waals surface area (Å²) in [5.74, 6) is -0.306. The second-order valence-electron chi connectivity index (χ2n) is 2.73. The van der Waals surface area contributed by atoms with Gasteiger partial charge in [-0.15, -0.1) is 0 Å². The van der Waals surface area contributed by atoms with Gasteiger partial charge in [0.2, 0.25) is 0 Å². The summed E-state index contributed by atoms with van der Waals surface area (Å²) in [6, 6.07) is 0. The molecule has 1 atom stereocenters. The lowest BCUT2D eigenvalue weighted by molar-refractivity contribution is -0.130. The van der Waals surface area contributed by atoms with Crippen LogP contribution in [0.25, 0.3) is 0 Å². The lowest BCUT2D eigenvalue weighted by Gasteiger charge is -2.12. The van der Waals surface area contributed by atoms with Crippen LogP contribution < -0.4 is 5.32 Å². The fourth-order valence-corrected chi connectivity index (χ4v) is 0.742. The average molecular weight is 203 g/mol. The minimum Gasteiger partial charge on any atom is -0.435 e. The van der Waals surface area contributed by atoms with Crippen LogP contribution in [0.5, 0.6) is 0 Å². The molecule has 0 aromatic rings. The highest BCUT2D eigenvalue weighted by Gasteiger charge is 2.17. The van der Waals surface area contributed by atoms with Crippen LogP contribution >= 0.6 is 0 Å². The molecule has 0 heterocycles. The van der Waals surface area contributed by atoms with Crippen molar-refractivity contribution in [3.63, 3.8) is 0 Å². The molecule has 0 radical (unpaired) electrons. The highest BCUT2D eigenvalue weighted by molar-refractivity contribution is 5.82. The van der Waals surface area contributed by atoms with Crippen molar-refractivity contribution in [1.82, 2.24) is 5.32 Å². The van der Waals surface area contributed by atoms with E-state index in [1.54, 1.807) is 6.92 Å². The summed E-state index contributed by atoms with van der Waals surface area (Å²) in [6.45, 7) is 5.93. The van der Waals surface area contributed by atoms with Gasteiger partial charge in [-0.2, -0.15) is 0 Å². The van der Waals surface area contributed by atoms with Crippen LogP contribution in [0.3, 0.4) is 0 Å². The number of rotatable bonds is 5. The molecule has 0 rings (SSSR count). The average Bonchev–Trinajstić information content (AvgIpc) is 2.14. The summed E-state index contributed by atoms with van der Waals surface area (Å²) in [7, 11) is 0. The minimum absolute atomic E-state index is 0.238. The Kier molecular flexibility index (Phi) is 6.53. The third kappa shape index (κ3) is 5.40. The van der Waals surface area contributed by atoms with Crippen LogP contribution in [0.1, 0.15) is 27.2 Å². The smallest absolute Gasteiger partial charge is 0.435 e. The van der Waals surface area contributed by atoms with E-state index in [0.29, 0.717) is 6.54 Å². The van der Waals surface area contributed by atoms with E-state index in [1.165, 1.54) is 6.92 Å². The number of hydrogen-bond acceptors (Lipinski definition) is 4. The van der Waals surface area contributed by atoms with Gasteiger partial charge < -0.3 is 14.8 Å². The molecule has 0 bridgehead atoms. The molecule has 0 saturated heterocycles. The van der Waals surface area contributed by atoms with Crippen molar-refractivity contribution in [2.75, 3.05) is 13.2 Å². The van der Waals surface area contributed by atoms with E-state index in [-0.39, 0.29) is 12.5 Å². The SMILES string of the molecule is CCCNC(=O)C(C)OC(=O)OCC. The zero-order chi connectivity index (χ0) is 11.0. The zero-order valence-corrected chi connectivity index (χ0v) is 8.83. The van der Waals surface area contributed by atoms with Crippen LogP contribution in [0.2, 0.25) is 0 Å². The Balaban J connectivity index is 3.76. The molecule has 5 nitrogen and oxygen atoms in total. The first-order valence-electron chi connectivity index (χ1n) is 4.72. The molecule has 0 spiro atoms. The summed E-state index contributed by atoms with van der Waals surface area (Å²) in [4.78, 5) is 22.0. The van der Waals surface area contributed by atoms with Crippen LogP contribution in [-0.2, 0) is 14.3 Å². The molecule has 0 aliphatic carbocycles. The Morgan fingerprint density at radius 2 is 2.00 bits per heavy atom. The Morgan fingerprint density at radius 3 is 2.50 bits per heavy atom. The third-order valence-corrected chi connectivity index (χ3v) is 1.45. The molecule has 0 aromatic heterocycles. The molecule has 5 heteroatoms.